The summed E-state index contributed by atoms with van der Waals surface area (Å²) in [6.07, 6.45) is 1.76. The molecular formula is C18H14N2O2S2. The van der Waals surface area contributed by atoms with Gasteiger partial charge in [-0.2, -0.15) is 0 Å². The highest BCUT2D eigenvalue weighted by molar-refractivity contribution is 8.26. The van der Waals surface area contributed by atoms with E-state index < -0.39 is 0 Å². The van der Waals surface area contributed by atoms with Gasteiger partial charge >= 0.3 is 0 Å². The van der Waals surface area contributed by atoms with Crippen molar-refractivity contribution < 1.29 is 9.59 Å². The Kier molecular flexibility index (Phi) is 4.78. The Balaban J connectivity index is 1.77. The molecule has 0 atom stereocenters. The summed E-state index contributed by atoms with van der Waals surface area (Å²) in [5.74, 6) is -0.275. The topological polar surface area (TPSA) is 49.4 Å². The molecule has 1 N–H and O–H groups in total. The molecule has 6 heteroatoms. The smallest absolute Gasteiger partial charge is 0.263 e. The zero-order valence-electron chi connectivity index (χ0n) is 12.9. The lowest BCUT2D eigenvalue weighted by Gasteiger charge is -2.17. The van der Waals surface area contributed by atoms with Gasteiger partial charge in [0.2, 0.25) is 0 Å². The largest absolute Gasteiger partial charge is 0.311 e. The molecule has 0 unspecified atom stereocenters. The van der Waals surface area contributed by atoms with E-state index in [9.17, 15) is 9.59 Å². The van der Waals surface area contributed by atoms with Crippen LogP contribution in [0.15, 0.2) is 59.5 Å². The van der Waals surface area contributed by atoms with Gasteiger partial charge in [-0.15, -0.1) is 0 Å². The third kappa shape index (κ3) is 3.55. The molecule has 1 aliphatic rings. The number of carbonyl (C=O) groups is 2. The maximum atomic E-state index is 12.5. The minimum atomic E-state index is -0.186. The van der Waals surface area contributed by atoms with Gasteiger partial charge in [-0.3, -0.25) is 9.59 Å². The number of thioether (sulfide) groups is 1. The fourth-order valence-corrected chi connectivity index (χ4v) is 3.30. The monoisotopic (exact) mass is 354 g/mol. The molecule has 1 fully saturated rings. The van der Waals surface area contributed by atoms with Crippen LogP contribution in [0.1, 0.15) is 15.9 Å². The maximum Gasteiger partial charge on any atom is 0.263 e. The summed E-state index contributed by atoms with van der Waals surface area (Å²) >= 11 is 6.20. The Morgan fingerprint density at radius 3 is 2.38 bits per heavy atom. The van der Waals surface area contributed by atoms with E-state index in [0.29, 0.717) is 14.8 Å². The van der Waals surface area contributed by atoms with Crippen molar-refractivity contribution in [2.45, 2.75) is 0 Å². The molecule has 1 saturated heterocycles. The number of amides is 2. The first-order valence-electron chi connectivity index (χ1n) is 7.22. The third-order valence-electron chi connectivity index (χ3n) is 3.55. The number of benzene rings is 2. The zero-order chi connectivity index (χ0) is 17.1. The van der Waals surface area contributed by atoms with Crippen molar-refractivity contribution in [3.05, 3.63) is 70.6 Å². The van der Waals surface area contributed by atoms with Gasteiger partial charge in [-0.05, 0) is 35.9 Å². The first-order chi connectivity index (χ1) is 11.5. The Labute approximate surface area is 149 Å². The van der Waals surface area contributed by atoms with E-state index in [-0.39, 0.29) is 11.8 Å². The van der Waals surface area contributed by atoms with Crippen LogP contribution in [0.3, 0.4) is 0 Å². The Morgan fingerprint density at radius 2 is 1.79 bits per heavy atom. The number of thiocarbonyl (C=S) groups is 1. The van der Waals surface area contributed by atoms with Gasteiger partial charge in [0.05, 0.1) is 4.91 Å². The number of anilines is 1. The van der Waals surface area contributed by atoms with Crippen LogP contribution in [0.4, 0.5) is 5.69 Å². The molecular weight excluding hydrogens is 340 g/mol. The van der Waals surface area contributed by atoms with Crippen LogP contribution in [-0.2, 0) is 4.79 Å². The number of nitrogens with zero attached hydrogens (tertiary/aromatic N) is 1. The summed E-state index contributed by atoms with van der Waals surface area (Å²) in [7, 11) is 1.74. The number of nitrogens with one attached hydrogen (secondary N) is 1. The molecule has 0 saturated carbocycles. The van der Waals surface area contributed by atoms with Crippen molar-refractivity contribution in [3.8, 4) is 0 Å². The van der Waals surface area contributed by atoms with Crippen molar-refractivity contribution in [2.24, 2.45) is 0 Å². The Bertz CT molecular complexity index is 830. The van der Waals surface area contributed by atoms with Crippen LogP contribution in [0, 0.1) is 0 Å². The van der Waals surface area contributed by atoms with Crippen molar-refractivity contribution in [3.63, 3.8) is 0 Å². The van der Waals surface area contributed by atoms with Crippen LogP contribution in [0.25, 0.3) is 6.08 Å². The molecule has 0 aliphatic carbocycles. The molecule has 24 heavy (non-hydrogen) atoms. The molecule has 120 valence electrons. The molecule has 0 spiro atoms. The second-order valence-electron chi connectivity index (χ2n) is 5.17. The fourth-order valence-electron chi connectivity index (χ4n) is 2.26. The van der Waals surface area contributed by atoms with E-state index >= 15 is 0 Å². The lowest BCUT2D eigenvalue weighted by Crippen LogP contribution is -2.26. The first kappa shape index (κ1) is 16.4. The summed E-state index contributed by atoms with van der Waals surface area (Å²) in [6.45, 7) is 0. The minimum absolute atomic E-state index is 0.0884. The predicted molar refractivity (Wildman–Crippen MR) is 102 cm³/mol. The van der Waals surface area contributed by atoms with Gasteiger partial charge in [0.15, 0.2) is 0 Å². The first-order valence-corrected chi connectivity index (χ1v) is 8.45. The Morgan fingerprint density at radius 1 is 1.12 bits per heavy atom. The molecule has 1 aliphatic heterocycles. The standard InChI is InChI=1S/C18H14N2O2S2/c1-20(14-5-3-2-4-6-14)17(22)13-9-7-12(8-10-13)11-15-16(21)19-18(23)24-15/h2-11H,1H3,(H,19,21,23). The van der Waals surface area contributed by atoms with Gasteiger partial charge in [0.1, 0.15) is 4.32 Å². The van der Waals surface area contributed by atoms with Gasteiger partial charge in [0, 0.05) is 18.3 Å². The lowest BCUT2D eigenvalue weighted by molar-refractivity contribution is -0.115. The van der Waals surface area contributed by atoms with Gasteiger partial charge in [-0.25, -0.2) is 0 Å². The second kappa shape index (κ2) is 6.98. The van der Waals surface area contributed by atoms with Crippen LogP contribution >= 0.6 is 24.0 Å². The molecule has 3 rings (SSSR count). The van der Waals surface area contributed by atoms with Crippen molar-refractivity contribution >= 4 is 51.9 Å². The molecule has 2 aromatic carbocycles. The molecule has 2 amide bonds. The fraction of sp³-hybridized carbons (Fsp3) is 0.0556. The van der Waals surface area contributed by atoms with Crippen LogP contribution in [-0.4, -0.2) is 23.2 Å². The number of hydrogen-bond donors (Lipinski definition) is 1. The summed E-state index contributed by atoms with van der Waals surface area (Å²) in [4.78, 5) is 26.3. The average Bonchev–Trinajstić information content (AvgIpc) is 2.92. The van der Waals surface area contributed by atoms with E-state index in [2.05, 4.69) is 5.32 Å². The summed E-state index contributed by atoms with van der Waals surface area (Å²) in [5.41, 5.74) is 2.26. The highest BCUT2D eigenvalue weighted by atomic mass is 32.2. The molecule has 4 nitrogen and oxygen atoms in total. The number of hydrogen-bond acceptors (Lipinski definition) is 4. The number of carbonyl (C=O) groups excluding carboxylic acids is 2. The van der Waals surface area contributed by atoms with Crippen LogP contribution in [0.2, 0.25) is 0 Å². The average molecular weight is 354 g/mol. The van der Waals surface area contributed by atoms with E-state index in [1.807, 2.05) is 42.5 Å². The quantitative estimate of drug-likeness (QED) is 0.677. The molecule has 2 aromatic rings. The van der Waals surface area contributed by atoms with E-state index in [4.69, 9.17) is 12.2 Å². The second-order valence-corrected chi connectivity index (χ2v) is 6.89. The van der Waals surface area contributed by atoms with Gasteiger partial charge < -0.3 is 10.2 Å². The molecule has 0 bridgehead atoms. The van der Waals surface area contributed by atoms with E-state index in [0.717, 1.165) is 11.3 Å². The van der Waals surface area contributed by atoms with Gasteiger partial charge in [0.25, 0.3) is 11.8 Å². The predicted octanol–water partition coefficient (Wildman–Crippen LogP) is 3.45. The van der Waals surface area contributed by atoms with E-state index in [1.165, 1.54) is 11.8 Å². The number of rotatable bonds is 3. The SMILES string of the molecule is CN(C(=O)c1ccc(C=C2SC(=S)NC2=O)cc1)c1ccccc1. The molecule has 0 aromatic heterocycles. The van der Waals surface area contributed by atoms with Crippen LogP contribution in [0.5, 0.6) is 0 Å². The number of para-hydroxylation sites is 1. The zero-order valence-corrected chi connectivity index (χ0v) is 14.5. The van der Waals surface area contributed by atoms with Crippen molar-refractivity contribution in [2.75, 3.05) is 11.9 Å². The third-order valence-corrected chi connectivity index (χ3v) is 4.71. The highest BCUT2D eigenvalue weighted by Gasteiger charge is 2.22. The van der Waals surface area contributed by atoms with Crippen molar-refractivity contribution in [1.29, 1.82) is 0 Å². The van der Waals surface area contributed by atoms with Crippen molar-refractivity contribution in [1.82, 2.24) is 5.32 Å². The summed E-state index contributed by atoms with van der Waals surface area (Å²) in [6, 6.07) is 16.6. The highest BCUT2D eigenvalue weighted by Crippen LogP contribution is 2.26. The summed E-state index contributed by atoms with van der Waals surface area (Å²) in [5, 5.41) is 2.58. The Hall–Kier alpha value is -2.44. The molecule has 1 heterocycles. The lowest BCUT2D eigenvalue weighted by atomic mass is 10.1. The summed E-state index contributed by atoms with van der Waals surface area (Å²) < 4.78 is 0.461. The minimum Gasteiger partial charge on any atom is -0.311 e. The normalized spacial score (nSPS) is 15.5. The maximum absolute atomic E-state index is 12.5. The molecule has 0 radical (unpaired) electrons. The van der Waals surface area contributed by atoms with E-state index in [1.54, 1.807) is 30.2 Å². The van der Waals surface area contributed by atoms with Crippen LogP contribution < -0.4 is 10.2 Å². The van der Waals surface area contributed by atoms with Gasteiger partial charge in [-0.1, -0.05) is 54.3 Å².